The minimum atomic E-state index is -0.734. The van der Waals surface area contributed by atoms with Crippen LogP contribution in [0.2, 0.25) is 0 Å². The van der Waals surface area contributed by atoms with Crippen molar-refractivity contribution >= 4 is 29.4 Å². The molecule has 0 fully saturated rings. The lowest BCUT2D eigenvalue weighted by Gasteiger charge is -2.24. The van der Waals surface area contributed by atoms with E-state index in [9.17, 15) is 14.4 Å². The molecule has 168 valence electrons. The van der Waals surface area contributed by atoms with E-state index in [0.717, 1.165) is 5.56 Å². The second kappa shape index (κ2) is 9.33. The molecule has 2 aromatic heterocycles. The molecule has 0 aliphatic carbocycles. The summed E-state index contributed by atoms with van der Waals surface area (Å²) in [6.45, 7) is 4.96. The molecule has 3 heterocycles. The Balaban J connectivity index is 1.90. The van der Waals surface area contributed by atoms with E-state index in [4.69, 9.17) is 9.47 Å². The van der Waals surface area contributed by atoms with Gasteiger partial charge < -0.3 is 9.47 Å². The molecule has 9 heteroatoms. The molecule has 0 N–H and O–H groups in total. The largest absolute Gasteiger partial charge is 0.463 e. The van der Waals surface area contributed by atoms with Crippen molar-refractivity contribution in [2.45, 2.75) is 26.8 Å². The number of rotatable bonds is 5. The first-order valence-corrected chi connectivity index (χ1v) is 11.1. The number of carbonyl (C=O) groups excluding carboxylic acids is 2. The van der Waals surface area contributed by atoms with Gasteiger partial charge in [-0.3, -0.25) is 19.1 Å². The number of benzene rings is 1. The highest BCUT2D eigenvalue weighted by Crippen LogP contribution is 2.31. The maximum atomic E-state index is 13.5. The van der Waals surface area contributed by atoms with E-state index in [-0.39, 0.29) is 17.7 Å². The number of esters is 2. The number of aromatic nitrogens is 2. The highest BCUT2D eigenvalue weighted by molar-refractivity contribution is 7.07. The normalized spacial score (nSPS) is 15.6. The zero-order valence-corrected chi connectivity index (χ0v) is 19.1. The van der Waals surface area contributed by atoms with E-state index < -0.39 is 18.0 Å². The van der Waals surface area contributed by atoms with Crippen LogP contribution in [0.15, 0.2) is 69.8 Å². The van der Waals surface area contributed by atoms with Crippen LogP contribution in [0.4, 0.5) is 0 Å². The molecule has 1 aliphatic rings. The molecule has 8 nitrogen and oxygen atoms in total. The number of carbonyl (C=O) groups is 2. The van der Waals surface area contributed by atoms with Crippen LogP contribution in [0, 0.1) is 0 Å². The van der Waals surface area contributed by atoms with Crippen molar-refractivity contribution in [1.82, 2.24) is 9.55 Å². The molecule has 0 radical (unpaired) electrons. The molecule has 1 atom stereocenters. The standard InChI is InChI=1S/C24H21N3O5S/c1-4-31-23(30)20-14(2)26-24-27(21(20)17-7-9-18(10-8-17)32-15(3)28)22(29)19(33-24)12-16-6-5-11-25-13-16/h5-13,21H,4H2,1-3H3/b19-12+/t21-/m1/s1. The van der Waals surface area contributed by atoms with E-state index >= 15 is 0 Å². The number of pyridine rings is 1. The summed E-state index contributed by atoms with van der Waals surface area (Å²) in [5.74, 6) is -0.600. The second-order valence-corrected chi connectivity index (χ2v) is 8.26. The van der Waals surface area contributed by atoms with Crippen LogP contribution in [-0.2, 0) is 14.3 Å². The van der Waals surface area contributed by atoms with Gasteiger partial charge in [0.05, 0.1) is 28.5 Å². The molecular formula is C24H21N3O5S. The van der Waals surface area contributed by atoms with Crippen molar-refractivity contribution in [1.29, 1.82) is 0 Å². The molecule has 0 unspecified atom stereocenters. The summed E-state index contributed by atoms with van der Waals surface area (Å²) in [7, 11) is 0. The predicted octanol–water partition coefficient (Wildman–Crippen LogP) is 2.12. The Bertz CT molecular complexity index is 1420. The van der Waals surface area contributed by atoms with Gasteiger partial charge in [-0.25, -0.2) is 9.79 Å². The lowest BCUT2D eigenvalue weighted by molar-refractivity contribution is -0.139. The molecule has 0 amide bonds. The molecule has 0 spiro atoms. The van der Waals surface area contributed by atoms with Crippen molar-refractivity contribution in [3.05, 3.63) is 90.9 Å². The van der Waals surface area contributed by atoms with Gasteiger partial charge in [-0.2, -0.15) is 0 Å². The lowest BCUT2D eigenvalue weighted by atomic mass is 9.96. The van der Waals surface area contributed by atoms with Gasteiger partial charge >= 0.3 is 11.9 Å². The Labute approximate surface area is 193 Å². The number of ether oxygens (including phenoxy) is 2. The summed E-state index contributed by atoms with van der Waals surface area (Å²) in [5.41, 5.74) is 1.95. The van der Waals surface area contributed by atoms with Crippen LogP contribution >= 0.6 is 11.3 Å². The van der Waals surface area contributed by atoms with Crippen molar-refractivity contribution < 1.29 is 19.1 Å². The topological polar surface area (TPSA) is 99.9 Å². The molecule has 4 rings (SSSR count). The lowest BCUT2D eigenvalue weighted by Crippen LogP contribution is -2.39. The Morgan fingerprint density at radius 3 is 2.61 bits per heavy atom. The smallest absolute Gasteiger partial charge is 0.338 e. The maximum absolute atomic E-state index is 13.5. The summed E-state index contributed by atoms with van der Waals surface area (Å²) in [5, 5.41) is 0. The fourth-order valence-electron chi connectivity index (χ4n) is 3.60. The van der Waals surface area contributed by atoms with E-state index in [2.05, 4.69) is 9.98 Å². The molecular weight excluding hydrogens is 442 g/mol. The molecule has 0 saturated carbocycles. The van der Waals surface area contributed by atoms with Crippen molar-refractivity contribution in [3.8, 4) is 5.75 Å². The first-order chi connectivity index (χ1) is 15.9. The second-order valence-electron chi connectivity index (χ2n) is 7.25. The van der Waals surface area contributed by atoms with Gasteiger partial charge in [0.15, 0.2) is 4.80 Å². The zero-order valence-electron chi connectivity index (χ0n) is 18.3. The molecule has 0 saturated heterocycles. The number of fused-ring (bicyclic) bond motifs is 1. The first kappa shape index (κ1) is 22.3. The van der Waals surface area contributed by atoms with Gasteiger partial charge in [-0.15, -0.1) is 0 Å². The van der Waals surface area contributed by atoms with Crippen LogP contribution in [0.1, 0.15) is 37.9 Å². The van der Waals surface area contributed by atoms with E-state index in [0.29, 0.717) is 26.3 Å². The third-order valence-corrected chi connectivity index (χ3v) is 5.94. The number of thiazole rings is 1. The number of hydrogen-bond donors (Lipinski definition) is 0. The highest BCUT2D eigenvalue weighted by Gasteiger charge is 2.33. The third-order valence-electron chi connectivity index (χ3n) is 4.96. The predicted molar refractivity (Wildman–Crippen MR) is 122 cm³/mol. The summed E-state index contributed by atoms with van der Waals surface area (Å²) in [4.78, 5) is 46.7. The van der Waals surface area contributed by atoms with Gasteiger partial charge in [-0.1, -0.05) is 29.5 Å². The summed E-state index contributed by atoms with van der Waals surface area (Å²) >= 11 is 1.24. The molecule has 1 aromatic carbocycles. The van der Waals surface area contributed by atoms with Gasteiger partial charge in [-0.05, 0) is 49.2 Å². The molecule has 0 bridgehead atoms. The zero-order chi connectivity index (χ0) is 23.5. The Hall–Kier alpha value is -3.85. The Kier molecular flexibility index (Phi) is 6.32. The monoisotopic (exact) mass is 463 g/mol. The number of allylic oxidation sites excluding steroid dienone is 1. The van der Waals surface area contributed by atoms with Crippen LogP contribution < -0.4 is 19.6 Å². The maximum Gasteiger partial charge on any atom is 0.338 e. The van der Waals surface area contributed by atoms with Crippen LogP contribution in [0.25, 0.3) is 6.08 Å². The van der Waals surface area contributed by atoms with Crippen LogP contribution in [0.5, 0.6) is 5.75 Å². The highest BCUT2D eigenvalue weighted by atomic mass is 32.1. The third kappa shape index (κ3) is 4.54. The van der Waals surface area contributed by atoms with E-state index in [1.54, 1.807) is 62.6 Å². The number of hydrogen-bond acceptors (Lipinski definition) is 8. The Morgan fingerprint density at radius 1 is 1.21 bits per heavy atom. The fraction of sp³-hybridized carbons (Fsp3) is 0.208. The first-order valence-electron chi connectivity index (χ1n) is 10.3. The van der Waals surface area contributed by atoms with E-state index in [1.165, 1.54) is 22.8 Å². The van der Waals surface area contributed by atoms with Gasteiger partial charge in [0.2, 0.25) is 0 Å². The van der Waals surface area contributed by atoms with Crippen molar-refractivity contribution in [2.75, 3.05) is 6.61 Å². The SMILES string of the molecule is CCOC(=O)C1=C(C)N=c2s/c(=C/c3cccnc3)c(=O)n2[C@@H]1c1ccc(OC(C)=O)cc1. The number of nitrogens with zero attached hydrogens (tertiary/aromatic N) is 3. The average Bonchev–Trinajstić information content (AvgIpc) is 3.08. The Morgan fingerprint density at radius 2 is 1.97 bits per heavy atom. The summed E-state index contributed by atoms with van der Waals surface area (Å²) < 4.78 is 12.4. The summed E-state index contributed by atoms with van der Waals surface area (Å²) in [6, 6.07) is 9.60. The van der Waals surface area contributed by atoms with Crippen molar-refractivity contribution in [3.63, 3.8) is 0 Å². The molecule has 3 aromatic rings. The summed E-state index contributed by atoms with van der Waals surface area (Å²) in [6.07, 6.45) is 5.08. The minimum absolute atomic E-state index is 0.194. The van der Waals surface area contributed by atoms with Gasteiger partial charge in [0.25, 0.3) is 5.56 Å². The molecule has 1 aliphatic heterocycles. The quantitative estimate of drug-likeness (QED) is 0.425. The molecule has 33 heavy (non-hydrogen) atoms. The van der Waals surface area contributed by atoms with Crippen LogP contribution in [0.3, 0.4) is 0 Å². The minimum Gasteiger partial charge on any atom is -0.463 e. The average molecular weight is 464 g/mol. The van der Waals surface area contributed by atoms with Crippen molar-refractivity contribution in [2.24, 2.45) is 4.99 Å². The van der Waals surface area contributed by atoms with Crippen LogP contribution in [-0.4, -0.2) is 28.1 Å². The van der Waals surface area contributed by atoms with Gasteiger partial charge in [0.1, 0.15) is 5.75 Å². The fourth-order valence-corrected chi connectivity index (χ4v) is 4.65. The van der Waals surface area contributed by atoms with E-state index in [1.807, 2.05) is 6.07 Å². The van der Waals surface area contributed by atoms with Gasteiger partial charge in [0, 0.05) is 19.3 Å².